The van der Waals surface area contributed by atoms with Crippen molar-refractivity contribution < 1.29 is 17.9 Å². The van der Waals surface area contributed by atoms with Crippen LogP contribution in [-0.2, 0) is 0 Å². The third-order valence-electron chi connectivity index (χ3n) is 3.34. The second-order valence-corrected chi connectivity index (χ2v) is 4.76. The van der Waals surface area contributed by atoms with Gasteiger partial charge >= 0.3 is 6.18 Å². The van der Waals surface area contributed by atoms with Crippen LogP contribution in [0.5, 0.6) is 5.75 Å². The van der Waals surface area contributed by atoms with Gasteiger partial charge in [-0.2, -0.15) is 13.2 Å². The zero-order chi connectivity index (χ0) is 14.1. The lowest BCUT2D eigenvalue weighted by molar-refractivity contribution is -0.183. The monoisotopic (exact) mass is 268 g/mol. The number of hydrogen-bond acceptors (Lipinski definition) is 1. The molecule has 0 saturated carbocycles. The highest BCUT2D eigenvalue weighted by Crippen LogP contribution is 2.46. The topological polar surface area (TPSA) is 9.23 Å². The van der Waals surface area contributed by atoms with Gasteiger partial charge in [0.05, 0.1) is 12.5 Å². The number of para-hydroxylation sites is 1. The Balaban J connectivity index is 2.47. The maximum Gasteiger partial charge on any atom is 0.400 e. The summed E-state index contributed by atoms with van der Waals surface area (Å²) in [4.78, 5) is 0. The summed E-state index contributed by atoms with van der Waals surface area (Å²) in [7, 11) is 1.51. The molecule has 2 rings (SSSR count). The number of allylic oxidation sites excluding steroid dienone is 4. The molecule has 1 aromatic carbocycles. The first kappa shape index (κ1) is 13.7. The van der Waals surface area contributed by atoms with E-state index in [0.29, 0.717) is 23.3 Å². The van der Waals surface area contributed by atoms with E-state index in [4.69, 9.17) is 4.74 Å². The highest BCUT2D eigenvalue weighted by atomic mass is 19.4. The van der Waals surface area contributed by atoms with E-state index in [1.807, 2.05) is 0 Å². The summed E-state index contributed by atoms with van der Waals surface area (Å²) >= 11 is 0. The molecule has 1 aromatic rings. The predicted octanol–water partition coefficient (Wildman–Crippen LogP) is 4.61. The van der Waals surface area contributed by atoms with Crippen LogP contribution in [0.25, 0.3) is 5.57 Å². The van der Waals surface area contributed by atoms with Gasteiger partial charge in [-0.15, -0.1) is 0 Å². The Bertz CT molecular complexity index is 528. The van der Waals surface area contributed by atoms with Gasteiger partial charge in [0.15, 0.2) is 0 Å². The van der Waals surface area contributed by atoms with E-state index in [1.165, 1.54) is 26.2 Å². The molecule has 4 heteroatoms. The van der Waals surface area contributed by atoms with Crippen LogP contribution in [0.2, 0.25) is 0 Å². The summed E-state index contributed by atoms with van der Waals surface area (Å²) in [5, 5.41) is 0. The van der Waals surface area contributed by atoms with Crippen LogP contribution in [0.4, 0.5) is 13.2 Å². The molecule has 0 bridgehead atoms. The standard InChI is InChI=1S/C15H15F3O/c1-14(15(16,17)18)9-5-6-11(10-14)12-7-3-4-8-13(12)19-2/h3-5,7-10H,6H2,1-2H3. The molecular formula is C15H15F3O. The maximum absolute atomic E-state index is 13.1. The van der Waals surface area contributed by atoms with E-state index in [9.17, 15) is 13.2 Å². The van der Waals surface area contributed by atoms with Crippen LogP contribution in [-0.4, -0.2) is 13.3 Å². The zero-order valence-corrected chi connectivity index (χ0v) is 10.8. The largest absolute Gasteiger partial charge is 0.496 e. The van der Waals surface area contributed by atoms with Crippen molar-refractivity contribution in [1.29, 1.82) is 0 Å². The fourth-order valence-corrected chi connectivity index (χ4v) is 2.17. The molecule has 19 heavy (non-hydrogen) atoms. The molecule has 0 heterocycles. The molecule has 0 saturated heterocycles. The summed E-state index contributed by atoms with van der Waals surface area (Å²) in [5.74, 6) is 0.591. The van der Waals surface area contributed by atoms with Gasteiger partial charge in [0, 0.05) is 5.56 Å². The second kappa shape index (κ2) is 4.76. The molecule has 0 aliphatic heterocycles. The van der Waals surface area contributed by atoms with Gasteiger partial charge in [-0.3, -0.25) is 0 Å². The molecular weight excluding hydrogens is 253 g/mol. The van der Waals surface area contributed by atoms with Crippen molar-refractivity contribution in [2.24, 2.45) is 5.41 Å². The van der Waals surface area contributed by atoms with Gasteiger partial charge < -0.3 is 4.74 Å². The van der Waals surface area contributed by atoms with Crippen molar-refractivity contribution in [1.82, 2.24) is 0 Å². The van der Waals surface area contributed by atoms with E-state index in [1.54, 1.807) is 30.3 Å². The smallest absolute Gasteiger partial charge is 0.400 e. The molecule has 0 radical (unpaired) electrons. The lowest BCUT2D eigenvalue weighted by Crippen LogP contribution is -2.32. The number of benzene rings is 1. The van der Waals surface area contributed by atoms with Gasteiger partial charge in [0.1, 0.15) is 5.75 Å². The molecule has 1 atom stereocenters. The average molecular weight is 268 g/mol. The predicted molar refractivity (Wildman–Crippen MR) is 68.9 cm³/mol. The van der Waals surface area contributed by atoms with E-state index in [2.05, 4.69) is 0 Å². The average Bonchev–Trinajstić information content (AvgIpc) is 2.37. The molecule has 102 valence electrons. The Morgan fingerprint density at radius 3 is 2.53 bits per heavy atom. The minimum atomic E-state index is -4.29. The third-order valence-corrected chi connectivity index (χ3v) is 3.34. The maximum atomic E-state index is 13.1. The summed E-state index contributed by atoms with van der Waals surface area (Å²) in [6.45, 7) is 1.18. The molecule has 0 amide bonds. The molecule has 0 N–H and O–H groups in total. The van der Waals surface area contributed by atoms with Crippen molar-refractivity contribution in [3.05, 3.63) is 48.1 Å². The summed E-state index contributed by atoms with van der Waals surface area (Å²) < 4.78 is 44.4. The molecule has 0 fully saturated rings. The number of alkyl halides is 3. The van der Waals surface area contributed by atoms with Gasteiger partial charge in [-0.05, 0) is 25.0 Å². The van der Waals surface area contributed by atoms with E-state index in [-0.39, 0.29) is 0 Å². The number of ether oxygens (including phenoxy) is 1. The molecule has 1 nitrogen and oxygen atoms in total. The Morgan fingerprint density at radius 1 is 1.21 bits per heavy atom. The fraction of sp³-hybridized carbons (Fsp3) is 0.333. The van der Waals surface area contributed by atoms with E-state index < -0.39 is 11.6 Å². The lowest BCUT2D eigenvalue weighted by Gasteiger charge is -2.29. The third kappa shape index (κ3) is 2.53. The van der Waals surface area contributed by atoms with Crippen molar-refractivity contribution in [2.45, 2.75) is 19.5 Å². The lowest BCUT2D eigenvalue weighted by atomic mass is 9.81. The quantitative estimate of drug-likeness (QED) is 0.712. The number of hydrogen-bond donors (Lipinski definition) is 0. The van der Waals surface area contributed by atoms with Crippen LogP contribution in [0, 0.1) is 5.41 Å². The van der Waals surface area contributed by atoms with Crippen LogP contribution >= 0.6 is 0 Å². The Morgan fingerprint density at radius 2 is 1.89 bits per heavy atom. The Labute approximate surface area is 110 Å². The molecule has 0 aromatic heterocycles. The molecule has 1 aliphatic carbocycles. The first-order valence-electron chi connectivity index (χ1n) is 5.97. The number of rotatable bonds is 2. The second-order valence-electron chi connectivity index (χ2n) is 4.76. The van der Waals surface area contributed by atoms with Crippen LogP contribution in [0.1, 0.15) is 18.9 Å². The highest BCUT2D eigenvalue weighted by molar-refractivity contribution is 5.73. The Kier molecular flexibility index (Phi) is 3.43. The number of methoxy groups -OCH3 is 1. The van der Waals surface area contributed by atoms with Gasteiger partial charge in [0.25, 0.3) is 0 Å². The summed E-state index contributed by atoms with van der Waals surface area (Å²) in [6.07, 6.45) is 0.245. The van der Waals surface area contributed by atoms with Gasteiger partial charge in [-0.25, -0.2) is 0 Å². The van der Waals surface area contributed by atoms with Crippen LogP contribution < -0.4 is 4.74 Å². The minimum Gasteiger partial charge on any atom is -0.496 e. The minimum absolute atomic E-state index is 0.478. The molecule has 0 spiro atoms. The molecule has 1 unspecified atom stereocenters. The zero-order valence-electron chi connectivity index (χ0n) is 10.8. The first-order chi connectivity index (χ1) is 8.87. The summed E-state index contributed by atoms with van der Waals surface area (Å²) in [6, 6.07) is 7.12. The number of halogens is 3. The van der Waals surface area contributed by atoms with Crippen molar-refractivity contribution in [3.8, 4) is 5.75 Å². The normalized spacial score (nSPS) is 23.1. The molecule has 1 aliphatic rings. The van der Waals surface area contributed by atoms with E-state index >= 15 is 0 Å². The van der Waals surface area contributed by atoms with E-state index in [0.717, 1.165) is 0 Å². The van der Waals surface area contributed by atoms with Gasteiger partial charge in [-0.1, -0.05) is 36.4 Å². The summed E-state index contributed by atoms with van der Waals surface area (Å²) in [5.41, 5.74) is -0.564. The van der Waals surface area contributed by atoms with Crippen molar-refractivity contribution in [3.63, 3.8) is 0 Å². The van der Waals surface area contributed by atoms with Crippen LogP contribution in [0.15, 0.2) is 42.5 Å². The Hall–Kier alpha value is -1.71. The fourth-order valence-electron chi connectivity index (χ4n) is 2.17. The first-order valence-corrected chi connectivity index (χ1v) is 5.97. The van der Waals surface area contributed by atoms with Crippen LogP contribution in [0.3, 0.4) is 0 Å². The van der Waals surface area contributed by atoms with Crippen molar-refractivity contribution in [2.75, 3.05) is 7.11 Å². The van der Waals surface area contributed by atoms with Crippen molar-refractivity contribution >= 4 is 5.57 Å². The van der Waals surface area contributed by atoms with Gasteiger partial charge in [0.2, 0.25) is 0 Å². The highest BCUT2D eigenvalue weighted by Gasteiger charge is 2.48. The SMILES string of the molecule is COc1ccccc1C1=CC(C)(C(F)(F)F)C=CC1.